The van der Waals surface area contributed by atoms with Crippen molar-refractivity contribution in [2.24, 2.45) is 0 Å². The van der Waals surface area contributed by atoms with Crippen LogP contribution in [0.2, 0.25) is 0 Å². The van der Waals surface area contributed by atoms with Gasteiger partial charge in [0.1, 0.15) is 0 Å². The van der Waals surface area contributed by atoms with Crippen LogP contribution in [-0.2, 0) is 4.74 Å². The van der Waals surface area contributed by atoms with Gasteiger partial charge in [-0.05, 0) is 25.8 Å². The van der Waals surface area contributed by atoms with Crippen LogP contribution in [0.1, 0.15) is 31.7 Å². The van der Waals surface area contributed by atoms with E-state index in [0.29, 0.717) is 18.1 Å². The van der Waals surface area contributed by atoms with Crippen molar-refractivity contribution in [1.82, 2.24) is 0 Å². The smallest absolute Gasteiger partial charge is 0.0620 e. The molecule has 13 heavy (non-hydrogen) atoms. The minimum Gasteiger partial charge on any atom is -0.375 e. The van der Waals surface area contributed by atoms with Crippen molar-refractivity contribution in [2.45, 2.75) is 38.4 Å². The third-order valence-electron chi connectivity index (χ3n) is 2.83. The van der Waals surface area contributed by atoms with Gasteiger partial charge in [0.15, 0.2) is 0 Å². The highest BCUT2D eigenvalue weighted by Gasteiger charge is 2.30. The summed E-state index contributed by atoms with van der Waals surface area (Å²) >= 11 is 0. The molecule has 0 radical (unpaired) electrons. The van der Waals surface area contributed by atoms with Gasteiger partial charge < -0.3 is 4.74 Å². The lowest BCUT2D eigenvalue weighted by Crippen LogP contribution is -2.09. The van der Waals surface area contributed by atoms with Crippen molar-refractivity contribution in [1.29, 1.82) is 0 Å². The normalized spacial score (nSPS) is 33.5. The summed E-state index contributed by atoms with van der Waals surface area (Å²) in [5.74, 6) is 0.594. The van der Waals surface area contributed by atoms with E-state index >= 15 is 0 Å². The Labute approximate surface area is 79.7 Å². The van der Waals surface area contributed by atoms with Crippen LogP contribution in [0.25, 0.3) is 0 Å². The van der Waals surface area contributed by atoms with E-state index in [1.54, 1.807) is 0 Å². The first-order chi connectivity index (χ1) is 6.27. The van der Waals surface area contributed by atoms with Crippen LogP contribution >= 0.6 is 0 Å². The Morgan fingerprint density at radius 1 is 1.15 bits per heavy atom. The number of benzene rings is 1. The Kier molecular flexibility index (Phi) is 2.36. The zero-order valence-electron chi connectivity index (χ0n) is 8.23. The predicted octanol–water partition coefficient (Wildman–Crippen LogP) is 2.97. The van der Waals surface area contributed by atoms with E-state index in [0.717, 1.165) is 6.42 Å². The number of hydrogen-bond acceptors (Lipinski definition) is 1. The molecule has 0 amide bonds. The summed E-state index contributed by atoms with van der Waals surface area (Å²) in [5.41, 5.74) is 1.42. The van der Waals surface area contributed by atoms with Crippen LogP contribution < -0.4 is 0 Å². The Balaban J connectivity index is 2.18. The molecule has 1 fully saturated rings. The summed E-state index contributed by atoms with van der Waals surface area (Å²) in [6, 6.07) is 10.7. The third-order valence-corrected chi connectivity index (χ3v) is 2.83. The van der Waals surface area contributed by atoms with Crippen LogP contribution in [-0.4, -0.2) is 12.2 Å². The molecule has 1 saturated heterocycles. The van der Waals surface area contributed by atoms with Crippen LogP contribution in [0.5, 0.6) is 0 Å². The average molecular weight is 176 g/mol. The molecular formula is C12H16O. The van der Waals surface area contributed by atoms with Crippen molar-refractivity contribution >= 4 is 0 Å². The van der Waals surface area contributed by atoms with Gasteiger partial charge in [0.2, 0.25) is 0 Å². The van der Waals surface area contributed by atoms with E-state index in [1.165, 1.54) is 5.56 Å². The first kappa shape index (κ1) is 8.76. The van der Waals surface area contributed by atoms with Crippen LogP contribution in [0.15, 0.2) is 30.3 Å². The van der Waals surface area contributed by atoms with Gasteiger partial charge in [-0.3, -0.25) is 0 Å². The number of rotatable bonds is 1. The topological polar surface area (TPSA) is 9.23 Å². The molecule has 1 aliphatic rings. The molecule has 1 heteroatoms. The molecule has 0 unspecified atom stereocenters. The van der Waals surface area contributed by atoms with E-state index in [-0.39, 0.29) is 0 Å². The molecule has 1 aliphatic heterocycles. The molecule has 0 spiro atoms. The molecule has 3 atom stereocenters. The maximum absolute atomic E-state index is 5.73. The molecule has 0 aliphatic carbocycles. The Bertz CT molecular complexity index is 268. The number of ether oxygens (including phenoxy) is 1. The monoisotopic (exact) mass is 176 g/mol. The first-order valence-corrected chi connectivity index (χ1v) is 4.98. The fourth-order valence-corrected chi connectivity index (χ4v) is 2.17. The molecule has 0 aromatic heterocycles. The van der Waals surface area contributed by atoms with E-state index < -0.39 is 0 Å². The third kappa shape index (κ3) is 1.75. The first-order valence-electron chi connectivity index (χ1n) is 4.98. The van der Waals surface area contributed by atoms with Gasteiger partial charge in [0.05, 0.1) is 12.2 Å². The van der Waals surface area contributed by atoms with Crippen molar-refractivity contribution < 1.29 is 4.74 Å². The van der Waals surface area contributed by atoms with Gasteiger partial charge in [-0.25, -0.2) is 0 Å². The lowest BCUT2D eigenvalue weighted by Gasteiger charge is -2.13. The highest BCUT2D eigenvalue weighted by molar-refractivity contribution is 5.21. The molecule has 1 aromatic carbocycles. The standard InChI is InChI=1S/C12H16O/c1-9-8-12(10(2)13-9)11-6-4-3-5-7-11/h3-7,9-10,12H,8H2,1-2H3/t9-,10+,12-/m1/s1. The second-order valence-corrected chi connectivity index (χ2v) is 3.90. The Morgan fingerprint density at radius 3 is 2.38 bits per heavy atom. The van der Waals surface area contributed by atoms with E-state index in [1.807, 2.05) is 0 Å². The van der Waals surface area contributed by atoms with Gasteiger partial charge in [0.25, 0.3) is 0 Å². The predicted molar refractivity (Wildman–Crippen MR) is 53.8 cm³/mol. The van der Waals surface area contributed by atoms with Gasteiger partial charge in [-0.1, -0.05) is 30.3 Å². The van der Waals surface area contributed by atoms with Crippen molar-refractivity contribution in [3.05, 3.63) is 35.9 Å². The minimum atomic E-state index is 0.373. The van der Waals surface area contributed by atoms with Crippen LogP contribution in [0.4, 0.5) is 0 Å². The van der Waals surface area contributed by atoms with Crippen molar-refractivity contribution in [2.75, 3.05) is 0 Å². The fourth-order valence-electron chi connectivity index (χ4n) is 2.17. The molecule has 0 saturated carbocycles. The quantitative estimate of drug-likeness (QED) is 0.639. The fraction of sp³-hybridized carbons (Fsp3) is 0.500. The molecule has 1 aromatic rings. The Morgan fingerprint density at radius 2 is 1.85 bits per heavy atom. The summed E-state index contributed by atoms with van der Waals surface area (Å²) in [4.78, 5) is 0. The van der Waals surface area contributed by atoms with Gasteiger partial charge in [-0.2, -0.15) is 0 Å². The zero-order chi connectivity index (χ0) is 9.26. The zero-order valence-corrected chi connectivity index (χ0v) is 8.23. The molecule has 70 valence electrons. The van der Waals surface area contributed by atoms with E-state index in [4.69, 9.17) is 4.74 Å². The maximum Gasteiger partial charge on any atom is 0.0620 e. The highest BCUT2D eigenvalue weighted by Crippen LogP contribution is 2.34. The second kappa shape index (κ2) is 3.51. The van der Waals surface area contributed by atoms with E-state index in [9.17, 15) is 0 Å². The number of hydrogen-bond donors (Lipinski definition) is 0. The van der Waals surface area contributed by atoms with Crippen molar-refractivity contribution in [3.63, 3.8) is 0 Å². The SMILES string of the molecule is C[C@@H]1C[C@@H](c2ccccc2)[C@H](C)O1. The van der Waals surface area contributed by atoms with Crippen LogP contribution in [0.3, 0.4) is 0 Å². The summed E-state index contributed by atoms with van der Waals surface area (Å²) in [6.07, 6.45) is 1.95. The molecule has 1 heterocycles. The summed E-state index contributed by atoms with van der Waals surface area (Å²) in [6.45, 7) is 4.32. The molecule has 0 N–H and O–H groups in total. The molecule has 2 rings (SSSR count). The molecular weight excluding hydrogens is 160 g/mol. The largest absolute Gasteiger partial charge is 0.375 e. The lowest BCUT2D eigenvalue weighted by molar-refractivity contribution is 0.0632. The van der Waals surface area contributed by atoms with Crippen molar-refractivity contribution in [3.8, 4) is 0 Å². The van der Waals surface area contributed by atoms with Gasteiger partial charge >= 0.3 is 0 Å². The van der Waals surface area contributed by atoms with E-state index in [2.05, 4.69) is 44.2 Å². The summed E-state index contributed by atoms with van der Waals surface area (Å²) in [5, 5.41) is 0. The maximum atomic E-state index is 5.73. The Hall–Kier alpha value is -0.820. The summed E-state index contributed by atoms with van der Waals surface area (Å²) in [7, 11) is 0. The minimum absolute atomic E-state index is 0.373. The van der Waals surface area contributed by atoms with Crippen LogP contribution in [0, 0.1) is 0 Å². The van der Waals surface area contributed by atoms with Gasteiger partial charge in [-0.15, -0.1) is 0 Å². The molecule has 1 nitrogen and oxygen atoms in total. The highest BCUT2D eigenvalue weighted by atomic mass is 16.5. The average Bonchev–Trinajstić information content (AvgIpc) is 2.47. The van der Waals surface area contributed by atoms with Gasteiger partial charge in [0, 0.05) is 5.92 Å². The molecule has 0 bridgehead atoms. The summed E-state index contributed by atoms with van der Waals surface area (Å²) < 4.78 is 5.73. The lowest BCUT2D eigenvalue weighted by atomic mass is 9.92. The second-order valence-electron chi connectivity index (χ2n) is 3.90.